The molecule has 3 aromatic rings. The SMILES string of the molecule is CCCN(Cc1cccnc1)Cc1sc(Nc2c(Cl)cc(Cl)cc2Cl)nc1C(F)(F)F. The van der Waals surface area contributed by atoms with E-state index in [0.29, 0.717) is 18.1 Å². The van der Waals surface area contributed by atoms with E-state index in [-0.39, 0.29) is 32.3 Å². The molecule has 166 valence electrons. The summed E-state index contributed by atoms with van der Waals surface area (Å²) < 4.78 is 41.1. The summed E-state index contributed by atoms with van der Waals surface area (Å²) in [5.41, 5.74) is 0.253. The van der Waals surface area contributed by atoms with Gasteiger partial charge >= 0.3 is 6.18 Å². The molecule has 0 saturated carbocycles. The first-order chi connectivity index (χ1) is 14.7. The second kappa shape index (κ2) is 10.4. The van der Waals surface area contributed by atoms with Crippen LogP contribution in [0, 0.1) is 0 Å². The van der Waals surface area contributed by atoms with E-state index in [0.717, 1.165) is 23.3 Å². The number of halogens is 6. The lowest BCUT2D eigenvalue weighted by Crippen LogP contribution is -2.24. The zero-order valence-corrected chi connectivity index (χ0v) is 19.4. The maximum absolute atomic E-state index is 13.7. The Balaban J connectivity index is 1.89. The molecule has 31 heavy (non-hydrogen) atoms. The number of pyridine rings is 1. The zero-order valence-electron chi connectivity index (χ0n) is 16.3. The van der Waals surface area contributed by atoms with Crippen LogP contribution in [0.15, 0.2) is 36.7 Å². The monoisotopic (exact) mass is 508 g/mol. The molecule has 3 rings (SSSR count). The Morgan fingerprint density at radius 3 is 2.42 bits per heavy atom. The van der Waals surface area contributed by atoms with Crippen molar-refractivity contribution < 1.29 is 13.2 Å². The fourth-order valence-electron chi connectivity index (χ4n) is 2.99. The summed E-state index contributed by atoms with van der Waals surface area (Å²) in [6.07, 6.45) is -0.436. The number of alkyl halides is 3. The van der Waals surface area contributed by atoms with Gasteiger partial charge in [0.05, 0.1) is 20.6 Å². The standard InChI is InChI=1S/C20H18Cl3F3N4S/c1-2-6-30(10-12-4-3-5-27-9-12)11-16-18(20(24,25)26)29-19(31-16)28-17-14(22)7-13(21)8-15(17)23/h3-5,7-9H,2,6,10-11H2,1H3,(H,28,29). The molecule has 0 fully saturated rings. The highest BCUT2D eigenvalue weighted by atomic mass is 35.5. The zero-order chi connectivity index (χ0) is 22.6. The van der Waals surface area contributed by atoms with Crippen molar-refractivity contribution in [3.63, 3.8) is 0 Å². The Morgan fingerprint density at radius 2 is 1.84 bits per heavy atom. The van der Waals surface area contributed by atoms with Gasteiger partial charge in [0, 0.05) is 30.5 Å². The third-order valence-electron chi connectivity index (χ3n) is 4.24. The third-order valence-corrected chi connectivity index (χ3v) is 6.01. The first-order valence-electron chi connectivity index (χ1n) is 9.27. The molecule has 0 aliphatic heterocycles. The van der Waals surface area contributed by atoms with E-state index in [1.165, 1.54) is 12.1 Å². The molecule has 1 N–H and O–H groups in total. The van der Waals surface area contributed by atoms with E-state index in [4.69, 9.17) is 34.8 Å². The van der Waals surface area contributed by atoms with Crippen molar-refractivity contribution in [1.82, 2.24) is 14.9 Å². The fourth-order valence-corrected chi connectivity index (χ4v) is 4.93. The Kier molecular flexibility index (Phi) is 8.04. The third kappa shape index (κ3) is 6.46. The van der Waals surface area contributed by atoms with Gasteiger partial charge in [0.2, 0.25) is 0 Å². The lowest BCUT2D eigenvalue weighted by atomic mass is 10.2. The maximum atomic E-state index is 13.7. The number of aromatic nitrogens is 2. The van der Waals surface area contributed by atoms with Gasteiger partial charge in [-0.15, -0.1) is 0 Å². The average Bonchev–Trinajstić information content (AvgIpc) is 3.08. The molecule has 1 aromatic carbocycles. The minimum atomic E-state index is -4.59. The average molecular weight is 510 g/mol. The van der Waals surface area contributed by atoms with Gasteiger partial charge < -0.3 is 5.32 Å². The van der Waals surface area contributed by atoms with Crippen molar-refractivity contribution in [3.8, 4) is 0 Å². The molecular formula is C20H18Cl3F3N4S. The molecule has 2 aromatic heterocycles. The summed E-state index contributed by atoms with van der Waals surface area (Å²) in [7, 11) is 0. The van der Waals surface area contributed by atoms with Gasteiger partial charge in [-0.25, -0.2) is 4.98 Å². The highest BCUT2D eigenvalue weighted by Crippen LogP contribution is 2.40. The van der Waals surface area contributed by atoms with Crippen LogP contribution in [0.25, 0.3) is 0 Å². The molecule has 0 atom stereocenters. The Morgan fingerprint density at radius 1 is 1.13 bits per heavy atom. The molecule has 0 spiro atoms. The molecule has 0 radical (unpaired) electrons. The summed E-state index contributed by atoms with van der Waals surface area (Å²) in [6.45, 7) is 3.18. The predicted molar refractivity (Wildman–Crippen MR) is 121 cm³/mol. The predicted octanol–water partition coefficient (Wildman–Crippen LogP) is 7.67. The largest absolute Gasteiger partial charge is 0.434 e. The van der Waals surface area contributed by atoms with Crippen molar-refractivity contribution in [2.24, 2.45) is 0 Å². The molecule has 2 heterocycles. The Hall–Kier alpha value is -1.58. The van der Waals surface area contributed by atoms with Gasteiger partial charge in [-0.2, -0.15) is 13.2 Å². The molecule has 0 bridgehead atoms. The van der Waals surface area contributed by atoms with Gasteiger partial charge in [-0.05, 0) is 36.7 Å². The van der Waals surface area contributed by atoms with Crippen LogP contribution in [-0.2, 0) is 19.3 Å². The summed E-state index contributed by atoms with van der Waals surface area (Å²) >= 11 is 19.1. The number of nitrogens with zero attached hydrogens (tertiary/aromatic N) is 3. The van der Waals surface area contributed by atoms with Crippen molar-refractivity contribution in [2.45, 2.75) is 32.6 Å². The summed E-state index contributed by atoms with van der Waals surface area (Å²) in [5.74, 6) is 0. The Labute approximate surface area is 197 Å². The number of anilines is 2. The number of thiazole rings is 1. The first-order valence-corrected chi connectivity index (χ1v) is 11.2. The Bertz CT molecular complexity index is 1010. The highest BCUT2D eigenvalue weighted by Gasteiger charge is 2.38. The fraction of sp³-hybridized carbons (Fsp3) is 0.300. The summed E-state index contributed by atoms with van der Waals surface area (Å²) in [5, 5.41) is 3.55. The van der Waals surface area contributed by atoms with E-state index in [1.807, 2.05) is 17.9 Å². The second-order valence-corrected chi connectivity index (χ2v) is 9.06. The van der Waals surface area contributed by atoms with Gasteiger partial charge in [-0.3, -0.25) is 9.88 Å². The highest BCUT2D eigenvalue weighted by molar-refractivity contribution is 7.15. The lowest BCUT2D eigenvalue weighted by Gasteiger charge is -2.21. The number of rotatable bonds is 8. The van der Waals surface area contributed by atoms with Crippen LogP contribution < -0.4 is 5.32 Å². The summed E-state index contributed by atoms with van der Waals surface area (Å²) in [6, 6.07) is 6.60. The van der Waals surface area contributed by atoms with Crippen molar-refractivity contribution in [2.75, 3.05) is 11.9 Å². The first kappa shape index (κ1) is 24.1. The van der Waals surface area contributed by atoms with Crippen LogP contribution in [0.2, 0.25) is 15.1 Å². The summed E-state index contributed by atoms with van der Waals surface area (Å²) in [4.78, 5) is 9.91. The molecule has 0 unspecified atom stereocenters. The van der Waals surface area contributed by atoms with Gasteiger partial charge in [-0.1, -0.05) is 59.1 Å². The van der Waals surface area contributed by atoms with E-state index in [1.54, 1.807) is 18.5 Å². The smallest absolute Gasteiger partial charge is 0.329 e. The molecular weight excluding hydrogens is 492 g/mol. The van der Waals surface area contributed by atoms with Gasteiger partial charge in [0.1, 0.15) is 0 Å². The second-order valence-electron chi connectivity index (χ2n) is 6.73. The van der Waals surface area contributed by atoms with Crippen LogP contribution in [0.3, 0.4) is 0 Å². The van der Waals surface area contributed by atoms with E-state index in [9.17, 15) is 13.2 Å². The van der Waals surface area contributed by atoms with E-state index >= 15 is 0 Å². The normalized spacial score (nSPS) is 11.9. The number of benzene rings is 1. The van der Waals surface area contributed by atoms with Crippen molar-refractivity contribution >= 4 is 57.0 Å². The topological polar surface area (TPSA) is 41.1 Å². The minimum absolute atomic E-state index is 0.0475. The lowest BCUT2D eigenvalue weighted by molar-refractivity contribution is -0.141. The maximum Gasteiger partial charge on any atom is 0.434 e. The number of nitrogens with one attached hydrogen (secondary N) is 1. The van der Waals surface area contributed by atoms with Gasteiger partial charge in [0.15, 0.2) is 10.8 Å². The quantitative estimate of drug-likeness (QED) is 0.338. The van der Waals surface area contributed by atoms with Crippen molar-refractivity contribution in [3.05, 3.63) is 67.9 Å². The van der Waals surface area contributed by atoms with Gasteiger partial charge in [0.25, 0.3) is 0 Å². The molecule has 0 saturated heterocycles. The molecule has 0 aliphatic rings. The van der Waals surface area contributed by atoms with Crippen LogP contribution >= 0.6 is 46.1 Å². The van der Waals surface area contributed by atoms with E-state index < -0.39 is 11.9 Å². The van der Waals surface area contributed by atoms with Crippen LogP contribution in [-0.4, -0.2) is 21.4 Å². The van der Waals surface area contributed by atoms with Crippen LogP contribution in [0.5, 0.6) is 0 Å². The van der Waals surface area contributed by atoms with E-state index in [2.05, 4.69) is 15.3 Å². The number of hydrogen-bond acceptors (Lipinski definition) is 5. The van der Waals surface area contributed by atoms with Crippen LogP contribution in [0.1, 0.15) is 29.5 Å². The minimum Gasteiger partial charge on any atom is -0.329 e. The number of hydrogen-bond donors (Lipinski definition) is 1. The van der Waals surface area contributed by atoms with Crippen LogP contribution in [0.4, 0.5) is 24.0 Å². The molecule has 11 heteroatoms. The molecule has 0 amide bonds. The van der Waals surface area contributed by atoms with Crippen molar-refractivity contribution in [1.29, 1.82) is 0 Å². The molecule has 0 aliphatic carbocycles. The molecule has 4 nitrogen and oxygen atoms in total.